The summed E-state index contributed by atoms with van der Waals surface area (Å²) in [5, 5.41) is 0. The van der Waals surface area contributed by atoms with E-state index < -0.39 is 0 Å². The summed E-state index contributed by atoms with van der Waals surface area (Å²) in [6.07, 6.45) is 7.65. The molecule has 3 heterocycles. The number of amides is 1. The summed E-state index contributed by atoms with van der Waals surface area (Å²) < 4.78 is 11.6. The van der Waals surface area contributed by atoms with Gasteiger partial charge in [-0.05, 0) is 36.6 Å². The van der Waals surface area contributed by atoms with Gasteiger partial charge in [0.05, 0.1) is 6.26 Å². The van der Waals surface area contributed by atoms with Crippen LogP contribution in [0.2, 0.25) is 0 Å². The number of likely N-dealkylation sites (tertiary alicyclic amines) is 1. The van der Waals surface area contributed by atoms with Crippen molar-refractivity contribution >= 4 is 17.0 Å². The molecular weight excluding hydrogens is 340 g/mol. The first-order valence-electron chi connectivity index (χ1n) is 9.65. The van der Waals surface area contributed by atoms with Crippen LogP contribution in [0.25, 0.3) is 22.2 Å². The molecule has 5 heteroatoms. The van der Waals surface area contributed by atoms with Gasteiger partial charge in [-0.1, -0.05) is 12.1 Å². The van der Waals surface area contributed by atoms with Gasteiger partial charge in [0.15, 0.2) is 5.58 Å². The van der Waals surface area contributed by atoms with Crippen molar-refractivity contribution in [3.63, 3.8) is 0 Å². The van der Waals surface area contributed by atoms with E-state index in [1.165, 1.54) is 0 Å². The Kier molecular flexibility index (Phi) is 4.07. The van der Waals surface area contributed by atoms with Gasteiger partial charge in [0.2, 0.25) is 5.91 Å². The highest BCUT2D eigenvalue weighted by atomic mass is 16.5. The van der Waals surface area contributed by atoms with Crippen LogP contribution >= 0.6 is 0 Å². The van der Waals surface area contributed by atoms with Crippen molar-refractivity contribution in [2.24, 2.45) is 5.92 Å². The molecule has 0 spiro atoms. The number of carbonyl (C=O) groups is 1. The van der Waals surface area contributed by atoms with Crippen LogP contribution in [-0.2, 0) is 4.79 Å². The van der Waals surface area contributed by atoms with Gasteiger partial charge in [0.25, 0.3) is 0 Å². The van der Waals surface area contributed by atoms with Gasteiger partial charge in [0, 0.05) is 49.7 Å². The molecule has 0 unspecified atom stereocenters. The van der Waals surface area contributed by atoms with Crippen LogP contribution < -0.4 is 4.74 Å². The summed E-state index contributed by atoms with van der Waals surface area (Å²) in [5.74, 6) is 1.53. The minimum absolute atomic E-state index is 0.181. The molecule has 0 atom stereocenters. The Bertz CT molecular complexity index is 951. The summed E-state index contributed by atoms with van der Waals surface area (Å²) in [7, 11) is 0. The van der Waals surface area contributed by atoms with Crippen molar-refractivity contribution < 1.29 is 13.9 Å². The zero-order valence-corrected chi connectivity index (χ0v) is 15.1. The molecule has 0 radical (unpaired) electrons. The van der Waals surface area contributed by atoms with Gasteiger partial charge >= 0.3 is 0 Å². The van der Waals surface area contributed by atoms with Gasteiger partial charge in [-0.3, -0.25) is 9.78 Å². The third kappa shape index (κ3) is 3.42. The van der Waals surface area contributed by atoms with Gasteiger partial charge in [-0.25, -0.2) is 0 Å². The molecule has 1 saturated carbocycles. The predicted octanol–water partition coefficient (Wildman–Crippen LogP) is 4.27. The van der Waals surface area contributed by atoms with Gasteiger partial charge < -0.3 is 14.1 Å². The molecule has 1 saturated heterocycles. The normalized spacial score (nSPS) is 18.0. The largest absolute Gasteiger partial charge is 0.490 e. The molecule has 1 aromatic carbocycles. The smallest absolute Gasteiger partial charge is 0.225 e. The van der Waals surface area contributed by atoms with Crippen LogP contribution in [-0.4, -0.2) is 35.0 Å². The molecule has 1 aliphatic heterocycles. The molecule has 1 aliphatic carbocycles. The number of hydrogen-bond acceptors (Lipinski definition) is 4. The number of carbonyl (C=O) groups excluding carboxylic acids is 1. The summed E-state index contributed by atoms with van der Waals surface area (Å²) in [6.45, 7) is 1.62. The Balaban J connectivity index is 1.21. The van der Waals surface area contributed by atoms with E-state index in [1.807, 2.05) is 47.5 Å². The molecule has 5 nitrogen and oxygen atoms in total. The lowest BCUT2D eigenvalue weighted by molar-refractivity contribution is -0.134. The molecule has 0 bridgehead atoms. The van der Waals surface area contributed by atoms with Crippen LogP contribution in [0.5, 0.6) is 5.75 Å². The molecule has 138 valence electrons. The van der Waals surface area contributed by atoms with E-state index in [2.05, 4.69) is 4.98 Å². The number of pyridine rings is 1. The zero-order valence-electron chi connectivity index (χ0n) is 15.1. The van der Waals surface area contributed by atoms with E-state index >= 15 is 0 Å². The molecule has 3 aromatic rings. The van der Waals surface area contributed by atoms with Gasteiger partial charge in [0.1, 0.15) is 17.4 Å². The molecule has 2 fully saturated rings. The van der Waals surface area contributed by atoms with E-state index in [1.54, 1.807) is 6.26 Å². The molecule has 5 rings (SSSR count). The fourth-order valence-electron chi connectivity index (χ4n) is 3.71. The number of rotatable bonds is 4. The quantitative estimate of drug-likeness (QED) is 0.695. The minimum Gasteiger partial charge on any atom is -0.490 e. The number of hydrogen-bond donors (Lipinski definition) is 0. The number of fused-ring (bicyclic) bond motifs is 1. The van der Waals surface area contributed by atoms with Crippen molar-refractivity contribution in [3.05, 3.63) is 48.9 Å². The SMILES string of the molecule is O=C(C1CC1)N1CCC(Oc2ccc(-c3cnc4ccoc4c3)cc2)CC1. The molecular formula is C22H22N2O3. The zero-order chi connectivity index (χ0) is 18.2. The first kappa shape index (κ1) is 16.4. The molecule has 0 N–H and O–H groups in total. The Hall–Kier alpha value is -2.82. The Morgan fingerprint density at radius 1 is 1.04 bits per heavy atom. The van der Waals surface area contributed by atoms with Crippen molar-refractivity contribution in [2.45, 2.75) is 31.8 Å². The number of furan rings is 1. The van der Waals surface area contributed by atoms with Crippen molar-refractivity contribution in [1.82, 2.24) is 9.88 Å². The van der Waals surface area contributed by atoms with Crippen molar-refractivity contribution in [3.8, 4) is 16.9 Å². The number of nitrogens with zero attached hydrogens (tertiary/aromatic N) is 2. The highest BCUT2D eigenvalue weighted by Gasteiger charge is 2.35. The number of benzene rings is 1. The molecule has 27 heavy (non-hydrogen) atoms. The van der Waals surface area contributed by atoms with Crippen LogP contribution in [0.4, 0.5) is 0 Å². The third-order valence-electron chi connectivity index (χ3n) is 5.47. The Labute approximate surface area is 157 Å². The highest BCUT2D eigenvalue weighted by molar-refractivity contribution is 5.81. The van der Waals surface area contributed by atoms with Crippen LogP contribution in [0.1, 0.15) is 25.7 Å². The maximum absolute atomic E-state index is 12.1. The van der Waals surface area contributed by atoms with E-state index in [-0.39, 0.29) is 6.10 Å². The lowest BCUT2D eigenvalue weighted by Gasteiger charge is -2.32. The monoisotopic (exact) mass is 362 g/mol. The number of piperidine rings is 1. The second-order valence-corrected chi connectivity index (χ2v) is 7.47. The molecule has 2 aromatic heterocycles. The standard InChI is InChI=1S/C22H22N2O3/c25-22(16-1-2-16)24-10-7-19(8-11-24)27-18-5-3-15(4-6-18)17-13-21-20(23-14-17)9-12-26-21/h3-6,9,12-14,16,19H,1-2,7-8,10-11H2. The van der Waals surface area contributed by atoms with E-state index in [9.17, 15) is 4.79 Å². The van der Waals surface area contributed by atoms with Crippen LogP contribution in [0, 0.1) is 5.92 Å². The Morgan fingerprint density at radius 2 is 1.81 bits per heavy atom. The highest BCUT2D eigenvalue weighted by Crippen LogP contribution is 2.32. The molecule has 2 aliphatic rings. The topological polar surface area (TPSA) is 55.6 Å². The number of ether oxygens (including phenoxy) is 1. The average Bonchev–Trinajstić information content (AvgIpc) is 3.46. The second kappa shape index (κ2) is 6.72. The van der Waals surface area contributed by atoms with Crippen molar-refractivity contribution in [2.75, 3.05) is 13.1 Å². The summed E-state index contributed by atoms with van der Waals surface area (Å²) >= 11 is 0. The Morgan fingerprint density at radius 3 is 2.56 bits per heavy atom. The van der Waals surface area contributed by atoms with Gasteiger partial charge in [-0.15, -0.1) is 0 Å². The van der Waals surface area contributed by atoms with Crippen LogP contribution in [0.15, 0.2) is 53.3 Å². The van der Waals surface area contributed by atoms with Crippen LogP contribution in [0.3, 0.4) is 0 Å². The molecule has 1 amide bonds. The lowest BCUT2D eigenvalue weighted by atomic mass is 10.1. The first-order chi connectivity index (χ1) is 13.3. The fourth-order valence-corrected chi connectivity index (χ4v) is 3.71. The fraction of sp³-hybridized carbons (Fsp3) is 0.364. The first-order valence-corrected chi connectivity index (χ1v) is 9.65. The lowest BCUT2D eigenvalue weighted by Crippen LogP contribution is -2.42. The summed E-state index contributed by atoms with van der Waals surface area (Å²) in [5.41, 5.74) is 3.76. The second-order valence-electron chi connectivity index (χ2n) is 7.47. The summed E-state index contributed by atoms with van der Waals surface area (Å²) in [6, 6.07) is 12.0. The number of aromatic nitrogens is 1. The predicted molar refractivity (Wildman–Crippen MR) is 102 cm³/mol. The maximum atomic E-state index is 12.1. The van der Waals surface area contributed by atoms with E-state index in [4.69, 9.17) is 9.15 Å². The van der Waals surface area contributed by atoms with Crippen molar-refractivity contribution in [1.29, 1.82) is 0 Å². The maximum Gasteiger partial charge on any atom is 0.225 e. The minimum atomic E-state index is 0.181. The van der Waals surface area contributed by atoms with Gasteiger partial charge in [-0.2, -0.15) is 0 Å². The van der Waals surface area contributed by atoms with E-state index in [0.29, 0.717) is 11.8 Å². The van der Waals surface area contributed by atoms with E-state index in [0.717, 1.165) is 66.7 Å². The third-order valence-corrected chi connectivity index (χ3v) is 5.47. The summed E-state index contributed by atoms with van der Waals surface area (Å²) in [4.78, 5) is 18.6. The average molecular weight is 362 g/mol.